The van der Waals surface area contributed by atoms with Gasteiger partial charge in [0.2, 0.25) is 0 Å². The van der Waals surface area contributed by atoms with Crippen molar-refractivity contribution in [3.05, 3.63) is 24.3 Å². The number of aliphatic hydroxyl groups excluding tert-OH is 1. The van der Waals surface area contributed by atoms with Crippen LogP contribution in [0.2, 0.25) is 36.3 Å². The van der Waals surface area contributed by atoms with Crippen LogP contribution in [0.15, 0.2) is 24.3 Å². The Kier molecular flexibility index (Phi) is 9.64. The molecule has 2 rings (SSSR count). The fourth-order valence-corrected chi connectivity index (χ4v) is 8.44. The van der Waals surface area contributed by atoms with E-state index < -0.39 is 16.6 Å². The van der Waals surface area contributed by atoms with E-state index in [-0.39, 0.29) is 33.8 Å². The van der Waals surface area contributed by atoms with Gasteiger partial charge >= 0.3 is 0 Å². The molecule has 35 heavy (non-hydrogen) atoms. The lowest BCUT2D eigenvalue weighted by atomic mass is 9.88. The van der Waals surface area contributed by atoms with Crippen molar-refractivity contribution >= 4 is 16.6 Å². The molecule has 6 atom stereocenters. The average Bonchev–Trinajstić information content (AvgIpc) is 3.13. The molecule has 0 aromatic rings. The fourth-order valence-electron chi connectivity index (χ4n) is 5.43. The zero-order chi connectivity index (χ0) is 27.0. The molecule has 0 aromatic carbocycles. The van der Waals surface area contributed by atoms with E-state index in [1.54, 1.807) is 0 Å². The highest BCUT2D eigenvalue weighted by molar-refractivity contribution is 6.74. The number of rotatable bonds is 10. The number of hydrogen-bond donors (Lipinski definition) is 1. The van der Waals surface area contributed by atoms with Crippen molar-refractivity contribution in [1.82, 2.24) is 0 Å². The van der Waals surface area contributed by atoms with E-state index in [0.717, 1.165) is 24.8 Å². The van der Waals surface area contributed by atoms with E-state index in [2.05, 4.69) is 100 Å². The van der Waals surface area contributed by atoms with Crippen LogP contribution < -0.4 is 0 Å². The van der Waals surface area contributed by atoms with Crippen molar-refractivity contribution in [2.45, 2.75) is 148 Å². The smallest absolute Gasteiger partial charge is 0.193 e. The van der Waals surface area contributed by atoms with Crippen molar-refractivity contribution in [3.63, 3.8) is 0 Å². The summed E-state index contributed by atoms with van der Waals surface area (Å²) in [6, 6.07) is 0. The predicted octanol–water partition coefficient (Wildman–Crippen LogP) is 8.87. The average molecular weight is 523 g/mol. The summed E-state index contributed by atoms with van der Waals surface area (Å²) in [6.45, 7) is 32.1. The molecule has 2 fully saturated rings. The van der Waals surface area contributed by atoms with E-state index in [9.17, 15) is 5.11 Å². The summed E-state index contributed by atoms with van der Waals surface area (Å²) in [7, 11) is -3.86. The molecule has 0 bridgehead atoms. The van der Waals surface area contributed by atoms with Crippen LogP contribution in [0.25, 0.3) is 0 Å². The van der Waals surface area contributed by atoms with Crippen LogP contribution >= 0.6 is 0 Å². The molecule has 2 aliphatic rings. The Labute approximate surface area is 220 Å². The minimum absolute atomic E-state index is 0.164. The monoisotopic (exact) mass is 522 g/mol. The van der Waals surface area contributed by atoms with Crippen molar-refractivity contribution in [3.8, 4) is 0 Å². The normalized spacial score (nSPS) is 30.2. The summed E-state index contributed by atoms with van der Waals surface area (Å²) in [6.07, 6.45) is 11.1. The Morgan fingerprint density at radius 3 is 2.03 bits per heavy atom. The van der Waals surface area contributed by atoms with Gasteiger partial charge in [-0.2, -0.15) is 0 Å². The van der Waals surface area contributed by atoms with Crippen molar-refractivity contribution in [1.29, 1.82) is 0 Å². The van der Waals surface area contributed by atoms with E-state index in [4.69, 9.17) is 8.85 Å². The third kappa shape index (κ3) is 7.22. The minimum Gasteiger partial charge on any atom is -0.413 e. The highest BCUT2D eigenvalue weighted by Crippen LogP contribution is 2.53. The van der Waals surface area contributed by atoms with Gasteiger partial charge in [0.15, 0.2) is 16.6 Å². The maximum Gasteiger partial charge on any atom is 0.193 e. The first-order chi connectivity index (χ1) is 15.7. The van der Waals surface area contributed by atoms with Crippen molar-refractivity contribution < 1.29 is 14.0 Å². The summed E-state index contributed by atoms with van der Waals surface area (Å²) in [5, 5.41) is 11.2. The lowest BCUT2D eigenvalue weighted by molar-refractivity contribution is 0.106. The van der Waals surface area contributed by atoms with E-state index in [1.807, 2.05) is 0 Å². The molecule has 0 radical (unpaired) electrons. The first kappa shape index (κ1) is 31.0. The molecular formula is C30H58O3Si2. The van der Waals surface area contributed by atoms with Gasteiger partial charge in [0.1, 0.15) is 0 Å². The molecule has 0 heterocycles. The highest BCUT2D eigenvalue weighted by atomic mass is 28.4. The molecule has 0 amide bonds. The van der Waals surface area contributed by atoms with Gasteiger partial charge in [-0.15, -0.1) is 0 Å². The van der Waals surface area contributed by atoms with Gasteiger partial charge < -0.3 is 14.0 Å². The minimum atomic E-state index is -1.94. The van der Waals surface area contributed by atoms with E-state index in [0.29, 0.717) is 11.8 Å². The van der Waals surface area contributed by atoms with Crippen LogP contribution in [-0.4, -0.2) is 39.6 Å². The third-order valence-electron chi connectivity index (χ3n) is 9.79. The Balaban J connectivity index is 2.38. The fraction of sp³-hybridized carbons (Fsp3) is 0.867. The second kappa shape index (κ2) is 10.9. The Hall–Kier alpha value is -0.206. The number of aliphatic hydroxyl groups is 1. The van der Waals surface area contributed by atoms with Gasteiger partial charge in [0.05, 0.1) is 17.8 Å². The quantitative estimate of drug-likeness (QED) is 0.177. The van der Waals surface area contributed by atoms with Crippen LogP contribution in [0.3, 0.4) is 0 Å². The van der Waals surface area contributed by atoms with Crippen LogP contribution in [0.5, 0.6) is 0 Å². The summed E-state index contributed by atoms with van der Waals surface area (Å²) in [5.41, 5.74) is 0.735. The first-order valence-corrected chi connectivity index (χ1v) is 20.0. The summed E-state index contributed by atoms with van der Waals surface area (Å²) in [4.78, 5) is 0. The third-order valence-corrected chi connectivity index (χ3v) is 18.9. The molecule has 2 saturated carbocycles. The molecule has 0 aromatic heterocycles. The number of hydrogen-bond acceptors (Lipinski definition) is 3. The van der Waals surface area contributed by atoms with Crippen LogP contribution in [0.1, 0.15) is 93.9 Å². The van der Waals surface area contributed by atoms with Gasteiger partial charge in [-0.25, -0.2) is 0 Å². The molecule has 2 aliphatic carbocycles. The van der Waals surface area contributed by atoms with E-state index in [1.165, 1.54) is 19.3 Å². The van der Waals surface area contributed by atoms with Gasteiger partial charge in [-0.05, 0) is 79.9 Å². The summed E-state index contributed by atoms with van der Waals surface area (Å²) in [5.74, 6) is 0.979. The number of unbranched alkanes of at least 4 members (excludes halogenated alkanes) is 2. The standard InChI is InChI=1S/C30H58O3Si2/c1-14-15-16-18-30(9,33-35(12,13)29(6,7)8)19-17-23-24-20-22(2)27(31)25(24)21-26(23)32-34(10,11)28(3,4)5/h17,19,23-27,31H,2,14-16,18,20-21H2,1,3-13H3/t23-,24+,25-,26+,27?,30?/m0/s1. The van der Waals surface area contributed by atoms with Gasteiger partial charge in [0, 0.05) is 5.92 Å². The van der Waals surface area contributed by atoms with Crippen LogP contribution in [0, 0.1) is 17.8 Å². The topological polar surface area (TPSA) is 38.7 Å². The molecule has 1 N–H and O–H groups in total. The maximum absolute atomic E-state index is 10.9. The van der Waals surface area contributed by atoms with Gasteiger partial charge in [-0.3, -0.25) is 0 Å². The maximum atomic E-state index is 10.9. The molecule has 204 valence electrons. The Morgan fingerprint density at radius 1 is 0.943 bits per heavy atom. The summed E-state index contributed by atoms with van der Waals surface area (Å²) >= 11 is 0. The molecule has 5 heteroatoms. The lowest BCUT2D eigenvalue weighted by Gasteiger charge is -2.43. The van der Waals surface area contributed by atoms with Crippen molar-refractivity contribution in [2.75, 3.05) is 0 Å². The molecule has 2 unspecified atom stereocenters. The lowest BCUT2D eigenvalue weighted by Crippen LogP contribution is -2.48. The van der Waals surface area contributed by atoms with Gasteiger partial charge in [0.25, 0.3) is 0 Å². The second-order valence-corrected chi connectivity index (χ2v) is 24.3. The zero-order valence-electron chi connectivity index (χ0n) is 25.3. The largest absolute Gasteiger partial charge is 0.413 e. The van der Waals surface area contributed by atoms with Crippen LogP contribution in [-0.2, 0) is 8.85 Å². The Bertz CT molecular complexity index is 759. The Morgan fingerprint density at radius 2 is 1.51 bits per heavy atom. The zero-order valence-corrected chi connectivity index (χ0v) is 27.3. The number of fused-ring (bicyclic) bond motifs is 1. The predicted molar refractivity (Wildman–Crippen MR) is 157 cm³/mol. The van der Waals surface area contributed by atoms with Gasteiger partial charge in [-0.1, -0.05) is 86.5 Å². The molecule has 0 spiro atoms. The molecule has 3 nitrogen and oxygen atoms in total. The molecule has 0 saturated heterocycles. The molecular weight excluding hydrogens is 464 g/mol. The first-order valence-electron chi connectivity index (χ1n) is 14.2. The van der Waals surface area contributed by atoms with Crippen LogP contribution in [0.4, 0.5) is 0 Å². The van der Waals surface area contributed by atoms with E-state index >= 15 is 0 Å². The summed E-state index contributed by atoms with van der Waals surface area (Å²) < 4.78 is 14.1. The molecule has 0 aliphatic heterocycles. The highest BCUT2D eigenvalue weighted by Gasteiger charge is 2.53. The van der Waals surface area contributed by atoms with Crippen molar-refractivity contribution in [2.24, 2.45) is 17.8 Å². The SMILES string of the molecule is C=C1C[C@@H]2[C@H](C=CC(C)(CCCCC)O[Si](C)(C)C(C)(C)C)[C@H](O[Si](C)(C)C(C)(C)C)C[C@@H]2C1O. The second-order valence-electron chi connectivity index (χ2n) is 14.9.